The molecule has 1 fully saturated rings. The Morgan fingerprint density at radius 1 is 1.64 bits per heavy atom. The number of hydrogen-bond donors (Lipinski definition) is 2. The van der Waals surface area contributed by atoms with Crippen molar-refractivity contribution in [3.8, 4) is 0 Å². The number of carboxylic acid groups (broad SMARTS) is 1. The number of carbonyl (C=O) groups excluding carboxylic acids is 1. The molecule has 0 aromatic heterocycles. The van der Waals surface area contributed by atoms with Gasteiger partial charge in [-0.05, 0) is 13.8 Å². The highest BCUT2D eigenvalue weighted by Crippen LogP contribution is 2.09. The third-order valence-corrected chi connectivity index (χ3v) is 2.44. The summed E-state index contributed by atoms with van der Waals surface area (Å²) in [7, 11) is 0. The van der Waals surface area contributed by atoms with E-state index in [9.17, 15) is 9.59 Å². The third-order valence-electron chi connectivity index (χ3n) is 2.44. The first-order valence-corrected chi connectivity index (χ1v) is 4.77. The first kappa shape index (κ1) is 11.0. The number of carboxylic acids is 1. The van der Waals surface area contributed by atoms with Crippen LogP contribution in [0.25, 0.3) is 0 Å². The molecule has 0 aromatic rings. The summed E-state index contributed by atoms with van der Waals surface area (Å²) in [6.07, 6.45) is 0.377. The Balaban J connectivity index is 2.75. The largest absolute Gasteiger partial charge is 0.480 e. The molecule has 1 atom stereocenters. The summed E-state index contributed by atoms with van der Waals surface area (Å²) in [5.41, 5.74) is 0. The second-order valence-electron chi connectivity index (χ2n) is 3.74. The third kappa shape index (κ3) is 2.45. The van der Waals surface area contributed by atoms with Gasteiger partial charge in [-0.15, -0.1) is 0 Å². The Kier molecular flexibility index (Phi) is 3.46. The lowest BCUT2D eigenvalue weighted by Crippen LogP contribution is -2.48. The molecule has 1 rings (SSSR count). The fraction of sp³-hybridized carbons (Fsp3) is 0.778. The summed E-state index contributed by atoms with van der Waals surface area (Å²) in [6.45, 7) is 4.59. The van der Waals surface area contributed by atoms with E-state index >= 15 is 0 Å². The molecule has 14 heavy (non-hydrogen) atoms. The summed E-state index contributed by atoms with van der Waals surface area (Å²) < 4.78 is 0. The molecule has 1 saturated heterocycles. The Morgan fingerprint density at radius 2 is 2.29 bits per heavy atom. The molecule has 80 valence electrons. The molecule has 5 heteroatoms. The van der Waals surface area contributed by atoms with Gasteiger partial charge in [0.05, 0.1) is 0 Å². The maximum Gasteiger partial charge on any atom is 0.322 e. The van der Waals surface area contributed by atoms with Crippen molar-refractivity contribution in [2.75, 3.05) is 13.1 Å². The number of nitrogens with one attached hydrogen (secondary N) is 1. The van der Waals surface area contributed by atoms with Gasteiger partial charge in [0.15, 0.2) is 0 Å². The molecule has 0 aromatic carbocycles. The fourth-order valence-electron chi connectivity index (χ4n) is 1.65. The molecule has 1 aliphatic heterocycles. The molecule has 1 amide bonds. The topological polar surface area (TPSA) is 69.6 Å². The molecular formula is C9H16N2O3. The number of carbonyl (C=O) groups is 2. The minimum absolute atomic E-state index is 0.0700. The van der Waals surface area contributed by atoms with Gasteiger partial charge >= 0.3 is 5.97 Å². The summed E-state index contributed by atoms with van der Waals surface area (Å²) in [4.78, 5) is 23.9. The summed E-state index contributed by atoms with van der Waals surface area (Å²) >= 11 is 0. The maximum atomic E-state index is 11.1. The second kappa shape index (κ2) is 4.41. The molecule has 1 heterocycles. The van der Waals surface area contributed by atoms with E-state index in [0.29, 0.717) is 13.0 Å². The Hall–Kier alpha value is -1.10. The van der Waals surface area contributed by atoms with E-state index in [4.69, 9.17) is 5.11 Å². The predicted molar refractivity (Wildman–Crippen MR) is 50.9 cm³/mol. The van der Waals surface area contributed by atoms with E-state index in [1.54, 1.807) is 0 Å². The molecule has 2 N–H and O–H groups in total. The van der Waals surface area contributed by atoms with Crippen molar-refractivity contribution in [2.24, 2.45) is 0 Å². The van der Waals surface area contributed by atoms with Gasteiger partial charge in [-0.25, -0.2) is 0 Å². The van der Waals surface area contributed by atoms with Crippen molar-refractivity contribution in [2.45, 2.75) is 32.4 Å². The standard InChI is InChI=1S/C9H16N2O3/c1-6(2)11-4-3-8(12)10-5-7(11)9(13)14/h6-7H,3-5H2,1-2H3,(H,10,12)(H,13,14). The summed E-state index contributed by atoms with van der Waals surface area (Å²) in [6, 6.07) is -0.453. The first-order chi connectivity index (χ1) is 6.52. The van der Waals surface area contributed by atoms with Crippen LogP contribution in [-0.2, 0) is 9.59 Å². The molecule has 0 bridgehead atoms. The maximum absolute atomic E-state index is 11.1. The molecule has 1 aliphatic rings. The van der Waals surface area contributed by atoms with Crippen molar-refractivity contribution in [1.29, 1.82) is 0 Å². The molecule has 0 saturated carbocycles. The monoisotopic (exact) mass is 200 g/mol. The van der Waals surface area contributed by atoms with E-state index in [1.165, 1.54) is 0 Å². The number of hydrogen-bond acceptors (Lipinski definition) is 3. The van der Waals surface area contributed by atoms with Crippen LogP contribution >= 0.6 is 0 Å². The molecule has 0 aliphatic carbocycles. The normalized spacial score (nSPS) is 24.5. The predicted octanol–water partition coefficient (Wildman–Crippen LogP) is -0.330. The van der Waals surface area contributed by atoms with Crippen molar-refractivity contribution in [3.63, 3.8) is 0 Å². The van der Waals surface area contributed by atoms with Crippen LogP contribution in [0.1, 0.15) is 20.3 Å². The second-order valence-corrected chi connectivity index (χ2v) is 3.74. The number of nitrogens with zero attached hydrogens (tertiary/aromatic N) is 1. The zero-order valence-electron chi connectivity index (χ0n) is 8.49. The highest BCUT2D eigenvalue weighted by atomic mass is 16.4. The van der Waals surface area contributed by atoms with E-state index in [1.807, 2.05) is 18.7 Å². The van der Waals surface area contributed by atoms with Crippen LogP contribution in [-0.4, -0.2) is 47.1 Å². The number of amides is 1. The van der Waals surface area contributed by atoms with Crippen LogP contribution in [0.3, 0.4) is 0 Å². The van der Waals surface area contributed by atoms with Gasteiger partial charge in [0.2, 0.25) is 5.91 Å². The van der Waals surface area contributed by atoms with Gasteiger partial charge < -0.3 is 10.4 Å². The molecule has 0 spiro atoms. The molecule has 5 nitrogen and oxygen atoms in total. The zero-order chi connectivity index (χ0) is 10.7. The van der Waals surface area contributed by atoms with Gasteiger partial charge in [0.1, 0.15) is 6.04 Å². The first-order valence-electron chi connectivity index (χ1n) is 4.77. The highest BCUT2D eigenvalue weighted by Gasteiger charge is 2.30. The van der Waals surface area contributed by atoms with Crippen LogP contribution < -0.4 is 5.32 Å². The number of aliphatic carboxylic acids is 1. The van der Waals surface area contributed by atoms with Crippen molar-refractivity contribution >= 4 is 11.9 Å². The fourth-order valence-corrected chi connectivity index (χ4v) is 1.65. The zero-order valence-corrected chi connectivity index (χ0v) is 8.49. The molecule has 1 unspecified atom stereocenters. The van der Waals surface area contributed by atoms with Gasteiger partial charge in [0, 0.05) is 25.6 Å². The molecular weight excluding hydrogens is 184 g/mol. The van der Waals surface area contributed by atoms with Crippen LogP contribution in [0, 0.1) is 0 Å². The minimum atomic E-state index is -0.874. The van der Waals surface area contributed by atoms with Crippen LogP contribution in [0.2, 0.25) is 0 Å². The number of rotatable bonds is 2. The average molecular weight is 200 g/mol. The lowest BCUT2D eigenvalue weighted by molar-refractivity contribution is -0.143. The van der Waals surface area contributed by atoms with E-state index < -0.39 is 12.0 Å². The van der Waals surface area contributed by atoms with E-state index in [2.05, 4.69) is 5.32 Å². The average Bonchev–Trinajstić information content (AvgIpc) is 2.26. The smallest absolute Gasteiger partial charge is 0.322 e. The van der Waals surface area contributed by atoms with Crippen LogP contribution in [0.15, 0.2) is 0 Å². The van der Waals surface area contributed by atoms with Gasteiger partial charge in [0.25, 0.3) is 0 Å². The van der Waals surface area contributed by atoms with Gasteiger partial charge in [-0.3, -0.25) is 14.5 Å². The van der Waals surface area contributed by atoms with Crippen LogP contribution in [0.5, 0.6) is 0 Å². The molecule has 0 radical (unpaired) electrons. The Bertz CT molecular complexity index is 240. The lowest BCUT2D eigenvalue weighted by atomic mass is 10.2. The van der Waals surface area contributed by atoms with Crippen molar-refractivity contribution in [3.05, 3.63) is 0 Å². The summed E-state index contributed by atoms with van der Waals surface area (Å²) in [5, 5.41) is 11.6. The van der Waals surface area contributed by atoms with Gasteiger partial charge in [-0.1, -0.05) is 0 Å². The SMILES string of the molecule is CC(C)N1CCC(=O)NCC1C(=O)O. The lowest BCUT2D eigenvalue weighted by Gasteiger charge is -2.29. The quantitative estimate of drug-likeness (QED) is 0.640. The van der Waals surface area contributed by atoms with Crippen molar-refractivity contribution in [1.82, 2.24) is 10.2 Å². The summed E-state index contributed by atoms with van der Waals surface area (Å²) in [5.74, 6) is -0.944. The minimum Gasteiger partial charge on any atom is -0.480 e. The Morgan fingerprint density at radius 3 is 2.79 bits per heavy atom. The van der Waals surface area contributed by atoms with E-state index in [-0.39, 0.29) is 18.5 Å². The Labute approximate surface area is 83.1 Å². The highest BCUT2D eigenvalue weighted by molar-refractivity contribution is 5.79. The van der Waals surface area contributed by atoms with Crippen molar-refractivity contribution < 1.29 is 14.7 Å². The van der Waals surface area contributed by atoms with Gasteiger partial charge in [-0.2, -0.15) is 0 Å². The van der Waals surface area contributed by atoms with Crippen LogP contribution in [0.4, 0.5) is 0 Å². The van der Waals surface area contributed by atoms with E-state index in [0.717, 1.165) is 0 Å².